The van der Waals surface area contributed by atoms with E-state index in [4.69, 9.17) is 14.2 Å². The van der Waals surface area contributed by atoms with Crippen molar-refractivity contribution in [1.29, 1.82) is 0 Å². The summed E-state index contributed by atoms with van der Waals surface area (Å²) in [5.41, 5.74) is 1.24. The molecule has 23 heavy (non-hydrogen) atoms. The number of likely N-dealkylation sites (N-methyl/N-ethyl adjacent to an activating group) is 1. The predicted octanol–water partition coefficient (Wildman–Crippen LogP) is 3.39. The minimum Gasteiger partial charge on any atom is -0.497 e. The molecule has 0 aromatic heterocycles. The summed E-state index contributed by atoms with van der Waals surface area (Å²) >= 11 is 0. The third-order valence-corrected chi connectivity index (χ3v) is 3.56. The van der Waals surface area contributed by atoms with E-state index >= 15 is 0 Å². The summed E-state index contributed by atoms with van der Waals surface area (Å²) in [5.74, 6) is 2.61. The standard InChI is InChI=1S/C19H25NO3/c1-16-4-6-18(7-5-16)22-14-12-20(2)13-15-23-19-10-8-17(21-3)9-11-19/h4-11H,12-15H2,1-3H3. The van der Waals surface area contributed by atoms with E-state index < -0.39 is 0 Å². The summed E-state index contributed by atoms with van der Waals surface area (Å²) in [6.07, 6.45) is 0. The molecule has 0 saturated heterocycles. The maximum absolute atomic E-state index is 5.73. The SMILES string of the molecule is COc1ccc(OCCN(C)CCOc2ccc(C)cc2)cc1. The Hall–Kier alpha value is -2.20. The van der Waals surface area contributed by atoms with Crippen molar-refractivity contribution >= 4 is 0 Å². The van der Waals surface area contributed by atoms with Gasteiger partial charge in [-0.15, -0.1) is 0 Å². The third kappa shape index (κ3) is 6.20. The van der Waals surface area contributed by atoms with Gasteiger partial charge in [-0.1, -0.05) is 17.7 Å². The van der Waals surface area contributed by atoms with Gasteiger partial charge >= 0.3 is 0 Å². The molecule has 0 radical (unpaired) electrons. The first-order chi connectivity index (χ1) is 11.2. The van der Waals surface area contributed by atoms with Gasteiger partial charge in [0.15, 0.2) is 0 Å². The Kier molecular flexibility index (Phi) is 6.76. The van der Waals surface area contributed by atoms with Crippen LogP contribution in [-0.2, 0) is 0 Å². The molecule has 2 aromatic carbocycles. The second-order valence-electron chi connectivity index (χ2n) is 5.49. The van der Waals surface area contributed by atoms with Crippen LogP contribution >= 0.6 is 0 Å². The van der Waals surface area contributed by atoms with E-state index in [-0.39, 0.29) is 0 Å². The van der Waals surface area contributed by atoms with Crippen molar-refractivity contribution in [3.05, 3.63) is 54.1 Å². The summed E-state index contributed by atoms with van der Waals surface area (Å²) in [4.78, 5) is 2.19. The molecule has 0 fully saturated rings. The predicted molar refractivity (Wildman–Crippen MR) is 92.7 cm³/mol. The van der Waals surface area contributed by atoms with Gasteiger partial charge in [0.05, 0.1) is 7.11 Å². The van der Waals surface area contributed by atoms with Crippen LogP contribution in [0.4, 0.5) is 0 Å². The Morgan fingerprint density at radius 3 is 1.65 bits per heavy atom. The number of benzene rings is 2. The number of hydrogen-bond donors (Lipinski definition) is 0. The molecule has 4 nitrogen and oxygen atoms in total. The summed E-state index contributed by atoms with van der Waals surface area (Å²) < 4.78 is 16.6. The van der Waals surface area contributed by atoms with E-state index in [1.165, 1.54) is 5.56 Å². The van der Waals surface area contributed by atoms with Gasteiger partial charge in [0, 0.05) is 13.1 Å². The fourth-order valence-corrected chi connectivity index (χ4v) is 2.06. The lowest BCUT2D eigenvalue weighted by molar-refractivity contribution is 0.202. The Balaban J connectivity index is 1.60. The number of nitrogens with zero attached hydrogens (tertiary/aromatic N) is 1. The van der Waals surface area contributed by atoms with Gasteiger partial charge in [0.25, 0.3) is 0 Å². The van der Waals surface area contributed by atoms with E-state index in [2.05, 4.69) is 31.0 Å². The zero-order chi connectivity index (χ0) is 16.5. The normalized spacial score (nSPS) is 10.6. The van der Waals surface area contributed by atoms with Gasteiger partial charge in [-0.3, -0.25) is 4.90 Å². The van der Waals surface area contributed by atoms with Crippen molar-refractivity contribution in [1.82, 2.24) is 4.90 Å². The maximum atomic E-state index is 5.73. The summed E-state index contributed by atoms with van der Waals surface area (Å²) in [6.45, 7) is 5.10. The van der Waals surface area contributed by atoms with E-state index in [1.807, 2.05) is 36.4 Å². The molecule has 2 rings (SSSR count). The third-order valence-electron chi connectivity index (χ3n) is 3.56. The molecule has 2 aromatic rings. The molecule has 0 saturated carbocycles. The average Bonchev–Trinajstić information content (AvgIpc) is 2.57. The van der Waals surface area contributed by atoms with Gasteiger partial charge in [0.1, 0.15) is 30.5 Å². The highest BCUT2D eigenvalue weighted by Crippen LogP contribution is 2.16. The monoisotopic (exact) mass is 315 g/mol. The van der Waals surface area contributed by atoms with Crippen LogP contribution in [0, 0.1) is 6.92 Å². The van der Waals surface area contributed by atoms with Crippen LogP contribution in [0.5, 0.6) is 17.2 Å². The molecule has 0 amide bonds. The minimum absolute atomic E-state index is 0.646. The maximum Gasteiger partial charge on any atom is 0.119 e. The fourth-order valence-electron chi connectivity index (χ4n) is 2.06. The molecule has 4 heteroatoms. The van der Waals surface area contributed by atoms with Crippen LogP contribution in [0.2, 0.25) is 0 Å². The number of rotatable bonds is 9. The zero-order valence-electron chi connectivity index (χ0n) is 14.1. The van der Waals surface area contributed by atoms with Crippen LogP contribution in [-0.4, -0.2) is 45.4 Å². The van der Waals surface area contributed by atoms with Crippen molar-refractivity contribution in [2.75, 3.05) is 40.5 Å². The van der Waals surface area contributed by atoms with Crippen molar-refractivity contribution in [2.45, 2.75) is 6.92 Å². The lowest BCUT2D eigenvalue weighted by Gasteiger charge is -2.17. The molecule has 0 bridgehead atoms. The molecule has 0 aliphatic heterocycles. The van der Waals surface area contributed by atoms with Crippen molar-refractivity contribution in [3.8, 4) is 17.2 Å². The highest BCUT2D eigenvalue weighted by atomic mass is 16.5. The highest BCUT2D eigenvalue weighted by molar-refractivity contribution is 5.31. The Morgan fingerprint density at radius 1 is 0.739 bits per heavy atom. The Bertz CT molecular complexity index is 566. The van der Waals surface area contributed by atoms with Gasteiger partial charge in [-0.25, -0.2) is 0 Å². The van der Waals surface area contributed by atoms with Crippen LogP contribution in [0.25, 0.3) is 0 Å². The fraction of sp³-hybridized carbons (Fsp3) is 0.368. The van der Waals surface area contributed by atoms with Crippen LogP contribution < -0.4 is 14.2 Å². The molecular formula is C19H25NO3. The number of ether oxygens (including phenoxy) is 3. The Morgan fingerprint density at radius 2 is 1.17 bits per heavy atom. The highest BCUT2D eigenvalue weighted by Gasteiger charge is 2.01. The van der Waals surface area contributed by atoms with E-state index in [9.17, 15) is 0 Å². The van der Waals surface area contributed by atoms with Crippen molar-refractivity contribution < 1.29 is 14.2 Å². The molecule has 0 unspecified atom stereocenters. The number of hydrogen-bond acceptors (Lipinski definition) is 4. The quantitative estimate of drug-likeness (QED) is 0.710. The van der Waals surface area contributed by atoms with Gasteiger partial charge in [-0.2, -0.15) is 0 Å². The first-order valence-corrected chi connectivity index (χ1v) is 7.82. The molecule has 0 atom stereocenters. The smallest absolute Gasteiger partial charge is 0.119 e. The Labute approximate surface area is 138 Å². The summed E-state index contributed by atoms with van der Waals surface area (Å²) in [6, 6.07) is 15.7. The number of methoxy groups -OCH3 is 1. The lowest BCUT2D eigenvalue weighted by Crippen LogP contribution is -2.28. The number of aryl methyl sites for hydroxylation is 1. The first kappa shape index (κ1) is 17.2. The second-order valence-corrected chi connectivity index (χ2v) is 5.49. The van der Waals surface area contributed by atoms with Gasteiger partial charge < -0.3 is 14.2 Å². The van der Waals surface area contributed by atoms with Crippen LogP contribution in [0.1, 0.15) is 5.56 Å². The average molecular weight is 315 g/mol. The van der Waals surface area contributed by atoms with E-state index in [0.717, 1.165) is 30.3 Å². The molecule has 124 valence electrons. The molecule has 0 N–H and O–H groups in total. The lowest BCUT2D eigenvalue weighted by atomic mass is 10.2. The summed E-state index contributed by atoms with van der Waals surface area (Å²) in [7, 11) is 3.72. The topological polar surface area (TPSA) is 30.9 Å². The molecular weight excluding hydrogens is 290 g/mol. The van der Waals surface area contributed by atoms with Gasteiger partial charge in [-0.05, 0) is 50.4 Å². The van der Waals surface area contributed by atoms with Crippen LogP contribution in [0.15, 0.2) is 48.5 Å². The first-order valence-electron chi connectivity index (χ1n) is 7.82. The zero-order valence-corrected chi connectivity index (χ0v) is 14.1. The largest absolute Gasteiger partial charge is 0.497 e. The molecule has 0 heterocycles. The van der Waals surface area contributed by atoms with Crippen molar-refractivity contribution in [2.24, 2.45) is 0 Å². The minimum atomic E-state index is 0.646. The van der Waals surface area contributed by atoms with Crippen LogP contribution in [0.3, 0.4) is 0 Å². The second kappa shape index (κ2) is 9.06. The molecule has 0 aliphatic rings. The van der Waals surface area contributed by atoms with E-state index in [1.54, 1.807) is 7.11 Å². The molecule has 0 aliphatic carbocycles. The summed E-state index contributed by atoms with van der Waals surface area (Å²) in [5, 5.41) is 0. The van der Waals surface area contributed by atoms with Gasteiger partial charge in [0.2, 0.25) is 0 Å². The van der Waals surface area contributed by atoms with Crippen molar-refractivity contribution in [3.63, 3.8) is 0 Å². The molecule has 0 spiro atoms. The van der Waals surface area contributed by atoms with E-state index in [0.29, 0.717) is 13.2 Å².